The highest BCUT2D eigenvalue weighted by molar-refractivity contribution is 5.84. The van der Waals surface area contributed by atoms with Gasteiger partial charge >= 0.3 is 0 Å². The molecule has 0 aliphatic carbocycles. The molecule has 68 valence electrons. The summed E-state index contributed by atoms with van der Waals surface area (Å²) in [6, 6.07) is 0.0790. The number of carbonyl (C=O) groups excluding carboxylic acids is 1. The van der Waals surface area contributed by atoms with E-state index in [1.165, 1.54) is 0 Å². The molecule has 1 N–H and O–H groups in total. The average Bonchev–Trinajstić information content (AvgIpc) is 2.53. The summed E-state index contributed by atoms with van der Waals surface area (Å²) < 4.78 is 0. The van der Waals surface area contributed by atoms with Gasteiger partial charge in [-0.3, -0.25) is 10.1 Å². The van der Waals surface area contributed by atoms with Crippen molar-refractivity contribution in [1.29, 1.82) is 0 Å². The smallest absolute Gasteiger partial charge is 0.241 e. The second-order valence-corrected chi connectivity index (χ2v) is 4.08. The third-order valence-electron chi connectivity index (χ3n) is 2.84. The second kappa shape index (κ2) is 2.73. The number of hydrogen-bond donors (Lipinski definition) is 1. The van der Waals surface area contributed by atoms with Gasteiger partial charge < -0.3 is 4.90 Å². The zero-order valence-electron chi connectivity index (χ0n) is 7.71. The predicted molar refractivity (Wildman–Crippen MR) is 46.5 cm³/mol. The minimum Gasteiger partial charge on any atom is -0.326 e. The Labute approximate surface area is 73.1 Å². The van der Waals surface area contributed by atoms with E-state index in [1.807, 2.05) is 4.90 Å². The molecule has 2 aliphatic heterocycles. The first-order valence-corrected chi connectivity index (χ1v) is 4.76. The lowest BCUT2D eigenvalue weighted by Gasteiger charge is -2.13. The molecular formula is C9H16N2O. The number of amides is 1. The maximum atomic E-state index is 11.7. The lowest BCUT2D eigenvalue weighted by molar-refractivity contribution is -0.129. The van der Waals surface area contributed by atoms with Crippen LogP contribution < -0.4 is 5.32 Å². The lowest BCUT2D eigenvalue weighted by Crippen LogP contribution is -2.35. The summed E-state index contributed by atoms with van der Waals surface area (Å²) in [5, 5.41) is 3.38. The number of rotatable bonds is 1. The summed E-state index contributed by atoms with van der Waals surface area (Å²) >= 11 is 0. The Balaban J connectivity index is 2.11. The van der Waals surface area contributed by atoms with Crippen LogP contribution in [-0.4, -0.2) is 29.6 Å². The summed E-state index contributed by atoms with van der Waals surface area (Å²) in [6.45, 7) is 5.15. The highest BCUT2D eigenvalue weighted by atomic mass is 16.2. The minimum atomic E-state index is 0.0790. The molecule has 1 amide bonds. The first-order valence-electron chi connectivity index (χ1n) is 4.76. The fraction of sp³-hybridized carbons (Fsp3) is 0.889. The van der Waals surface area contributed by atoms with E-state index in [1.54, 1.807) is 0 Å². The molecule has 2 aliphatic rings. The molecule has 0 bridgehead atoms. The van der Waals surface area contributed by atoms with Crippen LogP contribution in [0.4, 0.5) is 0 Å². The molecular weight excluding hydrogens is 152 g/mol. The quantitative estimate of drug-likeness (QED) is 0.620. The lowest BCUT2D eigenvalue weighted by atomic mass is 10.0. The van der Waals surface area contributed by atoms with Gasteiger partial charge in [0.05, 0.1) is 12.2 Å². The van der Waals surface area contributed by atoms with Crippen molar-refractivity contribution in [2.75, 3.05) is 6.54 Å². The van der Waals surface area contributed by atoms with Gasteiger partial charge in [-0.25, -0.2) is 0 Å². The summed E-state index contributed by atoms with van der Waals surface area (Å²) in [6.07, 6.45) is 2.65. The number of nitrogens with zero attached hydrogens (tertiary/aromatic N) is 1. The number of carbonyl (C=O) groups is 1. The zero-order valence-corrected chi connectivity index (χ0v) is 7.71. The van der Waals surface area contributed by atoms with Crippen molar-refractivity contribution in [2.45, 2.75) is 38.9 Å². The molecule has 2 rings (SSSR count). The van der Waals surface area contributed by atoms with Gasteiger partial charge in [-0.05, 0) is 18.8 Å². The van der Waals surface area contributed by atoms with E-state index in [4.69, 9.17) is 0 Å². The van der Waals surface area contributed by atoms with E-state index >= 15 is 0 Å². The van der Waals surface area contributed by atoms with E-state index in [2.05, 4.69) is 19.2 Å². The molecule has 2 heterocycles. The van der Waals surface area contributed by atoms with Crippen LogP contribution in [0.1, 0.15) is 26.7 Å². The Kier molecular flexibility index (Phi) is 1.83. The Morgan fingerprint density at radius 2 is 2.33 bits per heavy atom. The van der Waals surface area contributed by atoms with Crippen LogP contribution in [0.3, 0.4) is 0 Å². The summed E-state index contributed by atoms with van der Waals surface area (Å²) in [5.74, 6) is 0.732. The van der Waals surface area contributed by atoms with Crippen LogP contribution in [-0.2, 0) is 4.79 Å². The number of fused-ring (bicyclic) bond motifs is 1. The molecule has 2 unspecified atom stereocenters. The monoisotopic (exact) mass is 168 g/mol. The molecule has 2 saturated heterocycles. The van der Waals surface area contributed by atoms with E-state index in [0.29, 0.717) is 18.0 Å². The van der Waals surface area contributed by atoms with Crippen molar-refractivity contribution in [1.82, 2.24) is 10.2 Å². The third-order valence-corrected chi connectivity index (χ3v) is 2.84. The minimum absolute atomic E-state index is 0.0790. The Morgan fingerprint density at radius 3 is 2.92 bits per heavy atom. The van der Waals surface area contributed by atoms with E-state index in [9.17, 15) is 4.79 Å². The SMILES string of the molecule is CC(C)C1NC2CCCN2C1=O. The Bertz CT molecular complexity index is 203. The molecule has 2 fully saturated rings. The van der Waals surface area contributed by atoms with E-state index in [0.717, 1.165) is 19.4 Å². The number of nitrogens with one attached hydrogen (secondary N) is 1. The van der Waals surface area contributed by atoms with Crippen molar-refractivity contribution in [3.05, 3.63) is 0 Å². The molecule has 2 atom stereocenters. The molecule has 0 saturated carbocycles. The van der Waals surface area contributed by atoms with Gasteiger partial charge in [-0.2, -0.15) is 0 Å². The Hall–Kier alpha value is -0.570. The summed E-state index contributed by atoms with van der Waals surface area (Å²) in [4.78, 5) is 13.7. The normalized spacial score (nSPS) is 34.9. The van der Waals surface area contributed by atoms with Crippen molar-refractivity contribution in [3.8, 4) is 0 Å². The van der Waals surface area contributed by atoms with Crippen LogP contribution in [0.25, 0.3) is 0 Å². The second-order valence-electron chi connectivity index (χ2n) is 4.08. The van der Waals surface area contributed by atoms with Gasteiger partial charge in [-0.1, -0.05) is 13.8 Å². The molecule has 0 aromatic rings. The maximum Gasteiger partial charge on any atom is 0.241 e. The molecule has 3 nitrogen and oxygen atoms in total. The van der Waals surface area contributed by atoms with Crippen molar-refractivity contribution >= 4 is 5.91 Å². The summed E-state index contributed by atoms with van der Waals surface area (Å²) in [7, 11) is 0. The average molecular weight is 168 g/mol. The highest BCUT2D eigenvalue weighted by Gasteiger charge is 2.42. The molecule has 12 heavy (non-hydrogen) atoms. The maximum absolute atomic E-state index is 11.7. The molecule has 0 aromatic carbocycles. The van der Waals surface area contributed by atoms with E-state index < -0.39 is 0 Å². The molecule has 0 aromatic heterocycles. The predicted octanol–water partition coefficient (Wildman–Crippen LogP) is 0.563. The number of hydrogen-bond acceptors (Lipinski definition) is 2. The van der Waals surface area contributed by atoms with Crippen LogP contribution in [0.2, 0.25) is 0 Å². The molecule has 0 radical (unpaired) electrons. The topological polar surface area (TPSA) is 32.3 Å². The molecule has 0 spiro atoms. The van der Waals surface area contributed by atoms with Gasteiger partial charge in [0.1, 0.15) is 0 Å². The van der Waals surface area contributed by atoms with E-state index in [-0.39, 0.29) is 6.04 Å². The van der Waals surface area contributed by atoms with Gasteiger partial charge in [0.15, 0.2) is 0 Å². The van der Waals surface area contributed by atoms with Crippen LogP contribution in [0, 0.1) is 5.92 Å². The van der Waals surface area contributed by atoms with Crippen molar-refractivity contribution in [2.24, 2.45) is 5.92 Å². The third kappa shape index (κ3) is 1.04. The standard InChI is InChI=1S/C9H16N2O/c1-6(2)8-9(12)11-5-3-4-7(11)10-8/h6-8,10H,3-5H2,1-2H3. The van der Waals surface area contributed by atoms with Crippen molar-refractivity contribution in [3.63, 3.8) is 0 Å². The van der Waals surface area contributed by atoms with Crippen LogP contribution in [0.5, 0.6) is 0 Å². The zero-order chi connectivity index (χ0) is 8.72. The Morgan fingerprint density at radius 1 is 1.58 bits per heavy atom. The first kappa shape index (κ1) is 8.05. The van der Waals surface area contributed by atoms with Gasteiger partial charge in [0.2, 0.25) is 5.91 Å². The van der Waals surface area contributed by atoms with Crippen LogP contribution >= 0.6 is 0 Å². The first-order chi connectivity index (χ1) is 5.70. The fourth-order valence-corrected chi connectivity index (χ4v) is 2.14. The fourth-order valence-electron chi connectivity index (χ4n) is 2.14. The van der Waals surface area contributed by atoms with Gasteiger partial charge in [0.25, 0.3) is 0 Å². The highest BCUT2D eigenvalue weighted by Crippen LogP contribution is 2.24. The van der Waals surface area contributed by atoms with Gasteiger partial charge in [0, 0.05) is 6.54 Å². The van der Waals surface area contributed by atoms with Crippen LogP contribution in [0.15, 0.2) is 0 Å². The largest absolute Gasteiger partial charge is 0.326 e. The summed E-state index contributed by atoms with van der Waals surface area (Å²) in [5.41, 5.74) is 0. The van der Waals surface area contributed by atoms with Gasteiger partial charge in [-0.15, -0.1) is 0 Å². The van der Waals surface area contributed by atoms with Crippen molar-refractivity contribution < 1.29 is 4.79 Å². The molecule has 3 heteroatoms.